The lowest BCUT2D eigenvalue weighted by Gasteiger charge is -2.22. The SMILES string of the molecule is COc1cc(OC)c(NC(=O)CN2C(=O)CC(c3cccs3)=Nc3ccccc32)cc1Cl. The van der Waals surface area contributed by atoms with Crippen molar-refractivity contribution in [2.24, 2.45) is 4.99 Å². The van der Waals surface area contributed by atoms with Crippen LogP contribution in [0.5, 0.6) is 11.5 Å². The highest BCUT2D eigenvalue weighted by Crippen LogP contribution is 2.36. The van der Waals surface area contributed by atoms with Crippen molar-refractivity contribution in [3.8, 4) is 11.5 Å². The van der Waals surface area contributed by atoms with Crippen molar-refractivity contribution in [1.82, 2.24) is 0 Å². The highest BCUT2D eigenvalue weighted by molar-refractivity contribution is 7.12. The van der Waals surface area contributed by atoms with Gasteiger partial charge in [-0.3, -0.25) is 9.59 Å². The van der Waals surface area contributed by atoms with Crippen molar-refractivity contribution < 1.29 is 19.1 Å². The fraction of sp³-hybridized carbons (Fsp3) is 0.174. The van der Waals surface area contributed by atoms with E-state index in [1.165, 1.54) is 30.5 Å². The fourth-order valence-electron chi connectivity index (χ4n) is 3.39. The summed E-state index contributed by atoms with van der Waals surface area (Å²) in [6, 6.07) is 14.3. The van der Waals surface area contributed by atoms with E-state index in [9.17, 15) is 9.59 Å². The maximum atomic E-state index is 13.1. The van der Waals surface area contributed by atoms with Crippen molar-refractivity contribution >= 4 is 57.5 Å². The predicted molar refractivity (Wildman–Crippen MR) is 127 cm³/mol. The molecular weight excluding hydrogens is 450 g/mol. The molecule has 32 heavy (non-hydrogen) atoms. The topological polar surface area (TPSA) is 80.2 Å². The van der Waals surface area contributed by atoms with Gasteiger partial charge in [0.05, 0.1) is 48.4 Å². The molecule has 0 saturated carbocycles. The van der Waals surface area contributed by atoms with Gasteiger partial charge in [0.15, 0.2) is 0 Å². The number of anilines is 2. The van der Waals surface area contributed by atoms with Gasteiger partial charge in [-0.25, -0.2) is 4.99 Å². The smallest absolute Gasteiger partial charge is 0.244 e. The number of carbonyl (C=O) groups is 2. The van der Waals surface area contributed by atoms with Gasteiger partial charge < -0.3 is 19.7 Å². The van der Waals surface area contributed by atoms with Crippen LogP contribution in [0.4, 0.5) is 17.1 Å². The number of hydrogen-bond acceptors (Lipinski definition) is 6. The zero-order valence-electron chi connectivity index (χ0n) is 17.4. The van der Waals surface area contributed by atoms with Crippen LogP contribution in [-0.2, 0) is 9.59 Å². The first-order valence-corrected chi connectivity index (χ1v) is 11.0. The Hall–Kier alpha value is -3.36. The summed E-state index contributed by atoms with van der Waals surface area (Å²) in [4.78, 5) is 33.2. The van der Waals surface area contributed by atoms with Crippen molar-refractivity contribution in [3.63, 3.8) is 0 Å². The Balaban J connectivity index is 1.59. The molecule has 1 aliphatic heterocycles. The third-order valence-corrected chi connectivity index (χ3v) is 6.12. The van der Waals surface area contributed by atoms with Crippen LogP contribution in [0, 0.1) is 0 Å². The molecule has 9 heteroatoms. The van der Waals surface area contributed by atoms with E-state index in [1.807, 2.05) is 35.7 Å². The van der Waals surface area contributed by atoms with E-state index in [0.717, 1.165) is 4.88 Å². The first kappa shape index (κ1) is 21.9. The lowest BCUT2D eigenvalue weighted by atomic mass is 10.2. The van der Waals surface area contributed by atoms with Crippen LogP contribution in [0.25, 0.3) is 0 Å². The standard InChI is InChI=1S/C23H20ClN3O4S/c1-30-19-12-20(31-2)16(10-14(19)24)26-22(28)13-27-18-7-4-3-6-15(18)25-17(11-23(27)29)21-8-5-9-32-21/h3-10,12H,11,13H2,1-2H3,(H,26,28). The number of benzene rings is 2. The number of rotatable bonds is 6. The number of methoxy groups -OCH3 is 2. The molecule has 2 amide bonds. The second-order valence-electron chi connectivity index (χ2n) is 6.92. The molecular formula is C23H20ClN3O4S. The normalized spacial score (nSPS) is 13.2. The minimum absolute atomic E-state index is 0.0974. The number of nitrogens with zero attached hydrogens (tertiary/aromatic N) is 2. The molecule has 164 valence electrons. The van der Waals surface area contributed by atoms with Crippen molar-refractivity contribution in [1.29, 1.82) is 0 Å². The Morgan fingerprint density at radius 1 is 1.16 bits per heavy atom. The Morgan fingerprint density at radius 2 is 1.94 bits per heavy atom. The number of halogens is 1. The number of amides is 2. The number of thiophene rings is 1. The van der Waals surface area contributed by atoms with E-state index >= 15 is 0 Å². The molecule has 0 bridgehead atoms. The Kier molecular flexibility index (Phi) is 6.43. The van der Waals surface area contributed by atoms with Crippen LogP contribution < -0.4 is 19.7 Å². The quantitative estimate of drug-likeness (QED) is 0.556. The lowest BCUT2D eigenvalue weighted by Crippen LogP contribution is -2.38. The summed E-state index contributed by atoms with van der Waals surface area (Å²) in [5, 5.41) is 5.05. The molecule has 0 unspecified atom stereocenters. The summed E-state index contributed by atoms with van der Waals surface area (Å²) in [7, 11) is 2.98. The molecule has 2 aromatic carbocycles. The maximum absolute atomic E-state index is 13.1. The Morgan fingerprint density at radius 3 is 2.66 bits per heavy atom. The van der Waals surface area contributed by atoms with Crippen LogP contribution in [0.1, 0.15) is 11.3 Å². The number of nitrogens with one attached hydrogen (secondary N) is 1. The number of ether oxygens (including phenoxy) is 2. The molecule has 0 radical (unpaired) electrons. The van der Waals surface area contributed by atoms with E-state index in [1.54, 1.807) is 18.2 Å². The average molecular weight is 470 g/mol. The monoisotopic (exact) mass is 469 g/mol. The molecule has 1 N–H and O–H groups in total. The van der Waals surface area contributed by atoms with Crippen molar-refractivity contribution in [2.45, 2.75) is 6.42 Å². The molecule has 4 rings (SSSR count). The Bertz CT molecular complexity index is 1190. The van der Waals surface area contributed by atoms with Gasteiger partial charge in [0.2, 0.25) is 11.8 Å². The summed E-state index contributed by atoms with van der Waals surface area (Å²) < 4.78 is 10.5. The minimum Gasteiger partial charge on any atom is -0.495 e. The van der Waals surface area contributed by atoms with Crippen LogP contribution in [-0.4, -0.2) is 38.3 Å². The number of fused-ring (bicyclic) bond motifs is 1. The molecule has 0 aliphatic carbocycles. The highest BCUT2D eigenvalue weighted by Gasteiger charge is 2.27. The largest absolute Gasteiger partial charge is 0.495 e. The van der Waals surface area contributed by atoms with Crippen LogP contribution in [0.3, 0.4) is 0 Å². The van der Waals surface area contributed by atoms with E-state index in [4.69, 9.17) is 26.1 Å². The van der Waals surface area contributed by atoms with Gasteiger partial charge in [-0.2, -0.15) is 0 Å². The van der Waals surface area contributed by atoms with Gasteiger partial charge in [0, 0.05) is 10.9 Å². The molecule has 0 saturated heterocycles. The molecule has 0 fully saturated rings. The summed E-state index contributed by atoms with van der Waals surface area (Å²) in [5.41, 5.74) is 2.29. The van der Waals surface area contributed by atoms with Crippen molar-refractivity contribution in [3.05, 3.63) is 63.8 Å². The first-order chi connectivity index (χ1) is 15.5. The minimum atomic E-state index is -0.396. The number of para-hydroxylation sites is 2. The van der Waals surface area contributed by atoms with Crippen LogP contribution >= 0.6 is 22.9 Å². The van der Waals surface area contributed by atoms with E-state index < -0.39 is 5.91 Å². The van der Waals surface area contributed by atoms with E-state index in [0.29, 0.717) is 39.3 Å². The highest BCUT2D eigenvalue weighted by atomic mass is 35.5. The number of aliphatic imine (C=N–C) groups is 1. The van der Waals surface area contributed by atoms with E-state index in [2.05, 4.69) is 5.32 Å². The average Bonchev–Trinajstić information content (AvgIpc) is 3.28. The number of carbonyl (C=O) groups excluding carboxylic acids is 2. The summed E-state index contributed by atoms with van der Waals surface area (Å²) in [6.45, 7) is -0.185. The van der Waals surface area contributed by atoms with Gasteiger partial charge in [0.25, 0.3) is 0 Å². The molecule has 3 aromatic rings. The van der Waals surface area contributed by atoms with Crippen molar-refractivity contribution in [2.75, 3.05) is 31.0 Å². The molecule has 1 aliphatic rings. The summed E-state index contributed by atoms with van der Waals surface area (Å²) >= 11 is 7.72. The molecule has 1 aromatic heterocycles. The second kappa shape index (κ2) is 9.42. The fourth-order valence-corrected chi connectivity index (χ4v) is 4.35. The third-order valence-electron chi connectivity index (χ3n) is 4.90. The second-order valence-corrected chi connectivity index (χ2v) is 8.27. The molecule has 7 nitrogen and oxygen atoms in total. The zero-order chi connectivity index (χ0) is 22.7. The third kappa shape index (κ3) is 4.46. The maximum Gasteiger partial charge on any atom is 0.244 e. The molecule has 0 atom stereocenters. The lowest BCUT2D eigenvalue weighted by molar-refractivity contribution is -0.120. The predicted octanol–water partition coefficient (Wildman–Crippen LogP) is 4.91. The summed E-state index contributed by atoms with van der Waals surface area (Å²) in [5.74, 6) is 0.214. The van der Waals surface area contributed by atoms with Gasteiger partial charge in [-0.05, 0) is 29.6 Å². The van der Waals surface area contributed by atoms with E-state index in [-0.39, 0.29) is 18.9 Å². The first-order valence-electron chi connectivity index (χ1n) is 9.72. The summed E-state index contributed by atoms with van der Waals surface area (Å²) in [6.07, 6.45) is 0.0974. The van der Waals surface area contributed by atoms with Crippen LogP contribution in [0.15, 0.2) is 58.9 Å². The number of hydrogen-bond donors (Lipinski definition) is 1. The molecule has 0 spiro atoms. The van der Waals surface area contributed by atoms with Gasteiger partial charge in [-0.15, -0.1) is 11.3 Å². The van der Waals surface area contributed by atoms with Gasteiger partial charge >= 0.3 is 0 Å². The van der Waals surface area contributed by atoms with Gasteiger partial charge in [0.1, 0.15) is 18.0 Å². The Labute approximate surface area is 194 Å². The van der Waals surface area contributed by atoms with Gasteiger partial charge in [-0.1, -0.05) is 29.8 Å². The van der Waals surface area contributed by atoms with Crippen LogP contribution in [0.2, 0.25) is 5.02 Å². The zero-order valence-corrected chi connectivity index (χ0v) is 19.0. The molecule has 2 heterocycles.